The highest BCUT2D eigenvalue weighted by Crippen LogP contribution is 2.47. The van der Waals surface area contributed by atoms with Gasteiger partial charge in [-0.05, 0) is 62.1 Å². The zero-order valence-corrected chi connectivity index (χ0v) is 22.7. The Morgan fingerprint density at radius 1 is 1.15 bits per heavy atom. The Bertz CT molecular complexity index is 1680. The second-order valence-electron chi connectivity index (χ2n) is 10.6. The number of nitrogens with one attached hydrogen (secondary N) is 3. The molecule has 0 amide bonds. The zero-order chi connectivity index (χ0) is 26.7. The van der Waals surface area contributed by atoms with Gasteiger partial charge in [0.15, 0.2) is 5.82 Å². The van der Waals surface area contributed by atoms with Gasteiger partial charge in [0, 0.05) is 42.3 Å². The van der Waals surface area contributed by atoms with E-state index in [1.165, 1.54) is 29.5 Å². The highest BCUT2D eigenvalue weighted by Gasteiger charge is 2.30. The van der Waals surface area contributed by atoms with Crippen LogP contribution in [0.15, 0.2) is 36.5 Å². The standard InChI is InChI=1S/C29H33N9O/c1-5-38-13-12-23-26(16(38)2)33-28(31-23)19-9-8-18(14-24(19)39-4)27-34-29(37(3)36-27)32-22-11-10-21-20(15-30-35-21)25(22)17-6-7-17/h8-11,14-17H,5-7,12-13H2,1-4H3,(H,30,35)(H,31,33)(H,32,34,36). The van der Waals surface area contributed by atoms with Gasteiger partial charge in [0.05, 0.1) is 36.1 Å². The number of aryl methyl sites for hydroxylation is 1. The van der Waals surface area contributed by atoms with Gasteiger partial charge in [-0.15, -0.1) is 5.10 Å². The minimum absolute atomic E-state index is 0.298. The van der Waals surface area contributed by atoms with Crippen LogP contribution >= 0.6 is 0 Å². The van der Waals surface area contributed by atoms with Gasteiger partial charge in [0.25, 0.3) is 0 Å². The number of imidazole rings is 1. The third-order valence-corrected chi connectivity index (χ3v) is 8.19. The smallest absolute Gasteiger partial charge is 0.225 e. The topological polar surface area (TPSA) is 113 Å². The zero-order valence-electron chi connectivity index (χ0n) is 22.7. The van der Waals surface area contributed by atoms with Crippen LogP contribution in [0.25, 0.3) is 33.7 Å². The first kappa shape index (κ1) is 23.9. The number of aromatic nitrogens is 7. The lowest BCUT2D eigenvalue weighted by molar-refractivity contribution is 0.205. The summed E-state index contributed by atoms with van der Waals surface area (Å²) < 4.78 is 7.61. The minimum Gasteiger partial charge on any atom is -0.496 e. The molecule has 10 nitrogen and oxygen atoms in total. The molecule has 1 atom stereocenters. The molecule has 0 spiro atoms. The molecule has 2 aliphatic rings. The first-order valence-electron chi connectivity index (χ1n) is 13.7. The first-order chi connectivity index (χ1) is 19.0. The number of hydrogen-bond acceptors (Lipinski definition) is 7. The van der Waals surface area contributed by atoms with Gasteiger partial charge in [-0.2, -0.15) is 10.1 Å². The molecular weight excluding hydrogens is 490 g/mol. The summed E-state index contributed by atoms with van der Waals surface area (Å²) in [6.45, 7) is 6.50. The second-order valence-corrected chi connectivity index (χ2v) is 10.6. The second kappa shape index (κ2) is 9.23. The van der Waals surface area contributed by atoms with Crippen LogP contribution in [0.1, 0.15) is 55.6 Å². The van der Waals surface area contributed by atoms with Crippen molar-refractivity contribution >= 4 is 22.5 Å². The van der Waals surface area contributed by atoms with Crippen LogP contribution < -0.4 is 10.1 Å². The lowest BCUT2D eigenvalue weighted by atomic mass is 10.0. The van der Waals surface area contributed by atoms with E-state index in [1.54, 1.807) is 11.8 Å². The fourth-order valence-electron chi connectivity index (χ4n) is 5.86. The van der Waals surface area contributed by atoms with E-state index in [0.717, 1.165) is 59.1 Å². The van der Waals surface area contributed by atoms with Gasteiger partial charge in [0.2, 0.25) is 5.95 Å². The average Bonchev–Trinajstić information content (AvgIpc) is 3.33. The number of hydrogen-bond donors (Lipinski definition) is 3. The summed E-state index contributed by atoms with van der Waals surface area (Å²) in [5, 5.41) is 16.8. The Labute approximate surface area is 226 Å². The molecule has 2 aromatic carbocycles. The molecule has 1 aliphatic heterocycles. The molecule has 5 aromatic rings. The van der Waals surface area contributed by atoms with Crippen LogP contribution in [-0.4, -0.2) is 60.0 Å². The summed E-state index contributed by atoms with van der Waals surface area (Å²) in [4.78, 5) is 15.9. The fourth-order valence-corrected chi connectivity index (χ4v) is 5.86. The molecule has 1 fully saturated rings. The van der Waals surface area contributed by atoms with Gasteiger partial charge in [0.1, 0.15) is 11.6 Å². The Balaban J connectivity index is 1.19. The van der Waals surface area contributed by atoms with E-state index in [9.17, 15) is 0 Å². The van der Waals surface area contributed by atoms with E-state index >= 15 is 0 Å². The molecule has 0 radical (unpaired) electrons. The number of aromatic amines is 2. The van der Waals surface area contributed by atoms with E-state index in [2.05, 4.69) is 51.4 Å². The number of nitrogens with zero attached hydrogens (tertiary/aromatic N) is 6. The van der Waals surface area contributed by atoms with Crippen LogP contribution in [-0.2, 0) is 13.5 Å². The number of rotatable bonds is 7. The van der Waals surface area contributed by atoms with Gasteiger partial charge in [-0.1, -0.05) is 13.0 Å². The average molecular weight is 524 g/mol. The highest BCUT2D eigenvalue weighted by atomic mass is 16.5. The van der Waals surface area contributed by atoms with Crippen molar-refractivity contribution in [3.63, 3.8) is 0 Å². The maximum Gasteiger partial charge on any atom is 0.225 e. The number of methoxy groups -OCH3 is 1. The number of benzene rings is 2. The molecule has 10 heteroatoms. The molecule has 1 saturated carbocycles. The molecule has 1 unspecified atom stereocenters. The number of H-pyrrole nitrogens is 2. The van der Waals surface area contributed by atoms with E-state index in [-0.39, 0.29) is 0 Å². The molecule has 3 N–H and O–H groups in total. The summed E-state index contributed by atoms with van der Waals surface area (Å²) in [6.07, 6.45) is 5.29. The third-order valence-electron chi connectivity index (χ3n) is 8.19. The van der Waals surface area contributed by atoms with Crippen LogP contribution in [0.4, 0.5) is 11.6 Å². The van der Waals surface area contributed by atoms with Crippen LogP contribution in [0.5, 0.6) is 5.75 Å². The highest BCUT2D eigenvalue weighted by molar-refractivity contribution is 5.89. The van der Waals surface area contributed by atoms with Crippen LogP contribution in [0, 0.1) is 0 Å². The Morgan fingerprint density at radius 2 is 2.03 bits per heavy atom. The van der Waals surface area contributed by atoms with Gasteiger partial charge >= 0.3 is 0 Å². The SMILES string of the molecule is CCN1CCc2[nH]c(-c3ccc(-c4nc(Nc5ccc6[nH]ncc6c5C5CC5)n(C)n4)cc3OC)nc2C1C. The van der Waals surface area contributed by atoms with Gasteiger partial charge in [-0.25, -0.2) is 9.67 Å². The number of ether oxygens (including phenoxy) is 1. The largest absolute Gasteiger partial charge is 0.496 e. The Morgan fingerprint density at radius 3 is 2.82 bits per heavy atom. The Kier molecular flexibility index (Phi) is 5.66. The van der Waals surface area contributed by atoms with Crippen LogP contribution in [0.2, 0.25) is 0 Å². The normalized spacial score (nSPS) is 17.5. The van der Waals surface area contributed by atoms with Gasteiger partial charge in [-0.3, -0.25) is 10.00 Å². The molecular formula is C29H33N9O. The molecule has 4 heterocycles. The summed E-state index contributed by atoms with van der Waals surface area (Å²) in [5.74, 6) is 3.45. The molecule has 0 saturated heterocycles. The van der Waals surface area contributed by atoms with Gasteiger partial charge < -0.3 is 15.0 Å². The van der Waals surface area contributed by atoms with E-state index in [1.807, 2.05) is 31.4 Å². The third kappa shape index (κ3) is 4.06. The van der Waals surface area contributed by atoms with Crippen molar-refractivity contribution in [3.8, 4) is 28.5 Å². The van der Waals surface area contributed by atoms with Crippen LogP contribution in [0.3, 0.4) is 0 Å². The fraction of sp³-hybridized carbons (Fsp3) is 0.379. The van der Waals surface area contributed by atoms with Crippen molar-refractivity contribution in [3.05, 3.63) is 53.5 Å². The maximum absolute atomic E-state index is 5.82. The van der Waals surface area contributed by atoms with Crippen molar-refractivity contribution < 1.29 is 4.74 Å². The molecule has 1 aliphatic carbocycles. The quantitative estimate of drug-likeness (QED) is 0.265. The number of anilines is 2. The predicted octanol–water partition coefficient (Wildman–Crippen LogP) is 5.32. The van der Waals surface area contributed by atoms with Crippen molar-refractivity contribution in [1.82, 2.24) is 39.8 Å². The Hall–Kier alpha value is -4.18. The van der Waals surface area contributed by atoms with E-state index < -0.39 is 0 Å². The molecule has 39 heavy (non-hydrogen) atoms. The van der Waals surface area contributed by atoms with Crippen molar-refractivity contribution in [1.29, 1.82) is 0 Å². The molecule has 200 valence electrons. The lowest BCUT2D eigenvalue weighted by Gasteiger charge is -2.31. The monoisotopic (exact) mass is 523 g/mol. The summed E-state index contributed by atoms with van der Waals surface area (Å²) in [7, 11) is 3.60. The summed E-state index contributed by atoms with van der Waals surface area (Å²) in [5.41, 5.74) is 7.58. The van der Waals surface area contributed by atoms with E-state index in [0.29, 0.717) is 23.7 Å². The summed E-state index contributed by atoms with van der Waals surface area (Å²) in [6, 6.07) is 10.5. The number of fused-ring (bicyclic) bond motifs is 2. The summed E-state index contributed by atoms with van der Waals surface area (Å²) >= 11 is 0. The van der Waals surface area contributed by atoms with Crippen molar-refractivity contribution in [2.75, 3.05) is 25.5 Å². The first-order valence-corrected chi connectivity index (χ1v) is 13.7. The van der Waals surface area contributed by atoms with Crippen molar-refractivity contribution in [2.24, 2.45) is 7.05 Å². The minimum atomic E-state index is 0.298. The lowest BCUT2D eigenvalue weighted by Crippen LogP contribution is -2.33. The molecule has 0 bridgehead atoms. The predicted molar refractivity (Wildman–Crippen MR) is 151 cm³/mol. The maximum atomic E-state index is 5.82. The number of likely N-dealkylation sites (N-methyl/N-ethyl adjacent to an activating group) is 1. The van der Waals surface area contributed by atoms with Crippen molar-refractivity contribution in [2.45, 2.75) is 45.1 Å². The molecule has 7 rings (SSSR count). The molecule has 3 aromatic heterocycles. The van der Waals surface area contributed by atoms with E-state index in [4.69, 9.17) is 19.8 Å².